The fourth-order valence-electron chi connectivity index (χ4n) is 3.23. The van der Waals surface area contributed by atoms with Gasteiger partial charge in [-0.1, -0.05) is 18.2 Å². The second kappa shape index (κ2) is 5.81. The Kier molecular flexibility index (Phi) is 3.74. The zero-order chi connectivity index (χ0) is 20.3. The van der Waals surface area contributed by atoms with E-state index in [9.17, 15) is 32.3 Å². The second-order valence-corrected chi connectivity index (χ2v) is 6.62. The number of nitrogens with zero attached hydrogens (tertiary/aromatic N) is 1. The van der Waals surface area contributed by atoms with E-state index >= 15 is 0 Å². The molecule has 28 heavy (non-hydrogen) atoms. The van der Waals surface area contributed by atoms with Gasteiger partial charge in [-0.15, -0.1) is 0 Å². The number of carbonyl (C=O) groups excluding carboxylic acids is 2. The van der Waals surface area contributed by atoms with Crippen molar-refractivity contribution in [1.29, 1.82) is 0 Å². The van der Waals surface area contributed by atoms with Crippen molar-refractivity contribution in [3.05, 3.63) is 56.7 Å². The van der Waals surface area contributed by atoms with Gasteiger partial charge in [0.05, 0.1) is 5.69 Å². The van der Waals surface area contributed by atoms with Crippen LogP contribution in [0, 0.1) is 5.92 Å². The van der Waals surface area contributed by atoms with E-state index in [1.165, 1.54) is 24.3 Å². The number of fused-ring (bicyclic) bond motifs is 1. The van der Waals surface area contributed by atoms with Gasteiger partial charge in [-0.2, -0.15) is 13.2 Å². The van der Waals surface area contributed by atoms with E-state index in [-0.39, 0.29) is 5.69 Å². The Hall–Kier alpha value is -3.37. The summed E-state index contributed by atoms with van der Waals surface area (Å²) in [5.74, 6) is -3.89. The molecule has 0 saturated heterocycles. The Morgan fingerprint density at radius 2 is 1.79 bits per heavy atom. The number of hydrogen-bond donors (Lipinski definition) is 3. The molecule has 1 saturated carbocycles. The average Bonchev–Trinajstić information content (AvgIpc) is 3.41. The molecular weight excluding hydrogens is 381 g/mol. The van der Waals surface area contributed by atoms with Crippen LogP contribution in [0.1, 0.15) is 18.4 Å². The van der Waals surface area contributed by atoms with Gasteiger partial charge in [-0.3, -0.25) is 19.4 Å². The van der Waals surface area contributed by atoms with Crippen molar-refractivity contribution >= 4 is 17.6 Å². The molecule has 11 heteroatoms. The molecule has 0 radical (unpaired) electrons. The number of benzene rings is 1. The number of H-pyrrole nitrogens is 1. The topological polar surface area (TPSA) is 113 Å². The molecule has 0 spiro atoms. The van der Waals surface area contributed by atoms with Crippen molar-refractivity contribution in [3.8, 4) is 5.69 Å². The second-order valence-electron chi connectivity index (χ2n) is 6.62. The highest BCUT2D eigenvalue weighted by molar-refractivity contribution is 6.08. The van der Waals surface area contributed by atoms with E-state index in [1.54, 1.807) is 11.4 Å². The van der Waals surface area contributed by atoms with Crippen LogP contribution in [0.25, 0.3) is 5.69 Å². The molecule has 1 fully saturated rings. The minimum atomic E-state index is -5.32. The SMILES string of the molecule is O=C(N[C@]1(C(F)(F)F)C(=O)Nc2c1c(=O)[nH]c(=O)n2-c1ccccc1)C1CC1. The standard InChI is InChI=1S/C17H13F3N4O4/c18-17(19,20)16(23-12(25)8-6-7-8)10-11(21-14(16)27)24(15(28)22-13(10)26)9-4-2-1-3-5-9/h1-5,8H,6-7H2,(H,21,27)(H,23,25)(H,22,26,28)/t16-/m0/s1. The van der Waals surface area contributed by atoms with Gasteiger partial charge in [0.15, 0.2) is 0 Å². The van der Waals surface area contributed by atoms with E-state index < -0.39 is 52.1 Å². The lowest BCUT2D eigenvalue weighted by Crippen LogP contribution is -2.62. The third-order valence-corrected chi connectivity index (χ3v) is 4.76. The molecule has 3 N–H and O–H groups in total. The van der Waals surface area contributed by atoms with E-state index in [0.29, 0.717) is 12.8 Å². The molecule has 2 aliphatic rings. The van der Waals surface area contributed by atoms with Gasteiger partial charge in [0.1, 0.15) is 11.4 Å². The lowest BCUT2D eigenvalue weighted by molar-refractivity contribution is -0.201. The molecule has 2 heterocycles. The summed E-state index contributed by atoms with van der Waals surface area (Å²) in [4.78, 5) is 51.1. The molecule has 2 amide bonds. The summed E-state index contributed by atoms with van der Waals surface area (Å²) < 4.78 is 43.0. The maximum atomic E-state index is 14.1. The predicted molar refractivity (Wildman–Crippen MR) is 89.9 cm³/mol. The largest absolute Gasteiger partial charge is 0.425 e. The first-order valence-corrected chi connectivity index (χ1v) is 8.32. The van der Waals surface area contributed by atoms with Gasteiger partial charge in [0.25, 0.3) is 11.5 Å². The fraction of sp³-hybridized carbons (Fsp3) is 0.294. The van der Waals surface area contributed by atoms with Crippen LogP contribution in [0.4, 0.5) is 19.0 Å². The maximum Gasteiger partial charge on any atom is 0.425 e. The molecular formula is C17H13F3N4O4. The maximum absolute atomic E-state index is 14.1. The van der Waals surface area contributed by atoms with Crippen LogP contribution in [0.15, 0.2) is 39.9 Å². The van der Waals surface area contributed by atoms with Crippen molar-refractivity contribution in [3.63, 3.8) is 0 Å². The molecule has 8 nitrogen and oxygen atoms in total. The number of carbonyl (C=O) groups is 2. The van der Waals surface area contributed by atoms with E-state index in [0.717, 1.165) is 4.57 Å². The highest BCUT2D eigenvalue weighted by atomic mass is 19.4. The first-order chi connectivity index (χ1) is 13.2. The van der Waals surface area contributed by atoms with Crippen molar-refractivity contribution in [2.75, 3.05) is 5.32 Å². The first kappa shape index (κ1) is 18.0. The number of aromatic amines is 1. The zero-order valence-corrected chi connectivity index (χ0v) is 14.1. The minimum Gasteiger partial charge on any atom is -0.330 e. The lowest BCUT2D eigenvalue weighted by Gasteiger charge is -2.30. The van der Waals surface area contributed by atoms with Crippen LogP contribution in [0.5, 0.6) is 0 Å². The van der Waals surface area contributed by atoms with Crippen molar-refractivity contribution in [1.82, 2.24) is 14.9 Å². The molecule has 2 aromatic rings. The van der Waals surface area contributed by atoms with Crippen LogP contribution in [0.3, 0.4) is 0 Å². The Bertz CT molecular complexity index is 1100. The average molecular weight is 394 g/mol. The minimum absolute atomic E-state index is 0.131. The van der Waals surface area contributed by atoms with Gasteiger partial charge in [-0.05, 0) is 25.0 Å². The normalized spacial score (nSPS) is 21.2. The molecule has 1 atom stereocenters. The van der Waals surface area contributed by atoms with Crippen LogP contribution >= 0.6 is 0 Å². The molecule has 1 aliphatic heterocycles. The van der Waals surface area contributed by atoms with Crippen molar-refractivity contribution < 1.29 is 22.8 Å². The fourth-order valence-corrected chi connectivity index (χ4v) is 3.23. The molecule has 146 valence electrons. The monoisotopic (exact) mass is 394 g/mol. The summed E-state index contributed by atoms with van der Waals surface area (Å²) in [5.41, 5.74) is -6.95. The third-order valence-electron chi connectivity index (χ3n) is 4.76. The summed E-state index contributed by atoms with van der Waals surface area (Å²) >= 11 is 0. The lowest BCUT2D eigenvalue weighted by atomic mass is 9.91. The highest BCUT2D eigenvalue weighted by Crippen LogP contribution is 2.46. The summed E-state index contributed by atoms with van der Waals surface area (Å²) in [6.07, 6.45) is -4.53. The number of nitrogens with one attached hydrogen (secondary N) is 3. The number of aromatic nitrogens is 2. The molecule has 0 bridgehead atoms. The van der Waals surface area contributed by atoms with E-state index in [1.807, 2.05) is 10.3 Å². The Labute approximate surface area is 154 Å². The molecule has 1 aliphatic carbocycles. The number of hydrogen-bond acceptors (Lipinski definition) is 4. The smallest absolute Gasteiger partial charge is 0.330 e. The van der Waals surface area contributed by atoms with Gasteiger partial charge >= 0.3 is 11.9 Å². The number of alkyl halides is 3. The Morgan fingerprint density at radius 1 is 1.14 bits per heavy atom. The van der Waals surface area contributed by atoms with Crippen LogP contribution in [-0.4, -0.2) is 27.5 Å². The molecule has 1 aromatic carbocycles. The number of halogens is 3. The molecule has 1 aromatic heterocycles. The number of anilines is 1. The summed E-state index contributed by atoms with van der Waals surface area (Å²) in [6, 6.07) is 7.52. The highest BCUT2D eigenvalue weighted by Gasteiger charge is 2.69. The summed E-state index contributed by atoms with van der Waals surface area (Å²) in [7, 11) is 0. The van der Waals surface area contributed by atoms with Gasteiger partial charge < -0.3 is 10.6 Å². The predicted octanol–water partition coefficient (Wildman–Crippen LogP) is 0.762. The van der Waals surface area contributed by atoms with Crippen LogP contribution < -0.4 is 21.9 Å². The number of para-hydroxylation sites is 1. The van der Waals surface area contributed by atoms with Crippen molar-refractivity contribution in [2.24, 2.45) is 5.92 Å². The summed E-state index contributed by atoms with van der Waals surface area (Å²) in [5, 5.41) is 3.71. The molecule has 4 rings (SSSR count). The van der Waals surface area contributed by atoms with Gasteiger partial charge in [0, 0.05) is 5.92 Å². The summed E-state index contributed by atoms with van der Waals surface area (Å²) in [6.45, 7) is 0. The van der Waals surface area contributed by atoms with Crippen LogP contribution in [0.2, 0.25) is 0 Å². The first-order valence-electron chi connectivity index (χ1n) is 8.32. The van der Waals surface area contributed by atoms with E-state index in [4.69, 9.17) is 0 Å². The Morgan fingerprint density at radius 3 is 2.36 bits per heavy atom. The number of amides is 2. The van der Waals surface area contributed by atoms with Gasteiger partial charge in [-0.25, -0.2) is 9.36 Å². The molecule has 0 unspecified atom stereocenters. The van der Waals surface area contributed by atoms with Crippen LogP contribution in [-0.2, 0) is 15.1 Å². The number of rotatable bonds is 3. The Balaban J connectivity index is 2.01. The third kappa shape index (κ3) is 2.46. The van der Waals surface area contributed by atoms with Gasteiger partial charge in [0.2, 0.25) is 11.4 Å². The zero-order valence-electron chi connectivity index (χ0n) is 14.1. The van der Waals surface area contributed by atoms with E-state index in [2.05, 4.69) is 0 Å². The quantitative estimate of drug-likeness (QED) is 0.713. The van der Waals surface area contributed by atoms with Crippen molar-refractivity contribution in [2.45, 2.75) is 24.6 Å².